The maximum Gasteiger partial charge on any atom is 0.0362 e. The summed E-state index contributed by atoms with van der Waals surface area (Å²) in [6.07, 6.45) is 4.71. The van der Waals surface area contributed by atoms with Gasteiger partial charge >= 0.3 is 0 Å². The van der Waals surface area contributed by atoms with E-state index >= 15 is 0 Å². The normalized spacial score (nSPS) is 19.3. The molecule has 0 saturated carbocycles. The van der Waals surface area contributed by atoms with Crippen LogP contribution in [0.25, 0.3) is 0 Å². The lowest BCUT2D eigenvalue weighted by Gasteiger charge is -2.43. The monoisotopic (exact) mass is 530 g/mol. The molecule has 2 aromatic heterocycles. The average Bonchev–Trinajstić information content (AvgIpc) is 3.56. The second-order valence-corrected chi connectivity index (χ2v) is 15.9. The molecule has 35 heavy (non-hydrogen) atoms. The van der Waals surface area contributed by atoms with E-state index in [1.54, 1.807) is 20.9 Å². The molecule has 2 unspecified atom stereocenters. The fraction of sp³-hybridized carbons (Fsp3) is 0.688. The molecule has 0 radical (unpaired) electrons. The summed E-state index contributed by atoms with van der Waals surface area (Å²) >= 11 is 6.33. The van der Waals surface area contributed by atoms with Gasteiger partial charge in [-0.25, -0.2) is 0 Å². The Morgan fingerprint density at radius 2 is 1.49 bits per heavy atom. The van der Waals surface area contributed by atoms with Gasteiger partial charge < -0.3 is 0 Å². The van der Waals surface area contributed by atoms with E-state index in [0.717, 1.165) is 24.0 Å². The minimum Gasteiger partial charge on any atom is -0.144 e. The highest BCUT2D eigenvalue weighted by Gasteiger charge is 2.46. The van der Waals surface area contributed by atoms with Crippen molar-refractivity contribution < 1.29 is 0 Å². The van der Waals surface area contributed by atoms with Crippen LogP contribution in [0.1, 0.15) is 133 Å². The third kappa shape index (κ3) is 5.13. The molecule has 0 aliphatic carbocycles. The number of thiophene rings is 2. The number of allylic oxidation sites excluding steroid dienone is 2. The van der Waals surface area contributed by atoms with Crippen molar-refractivity contribution in [1.29, 1.82) is 0 Å². The third-order valence-corrected chi connectivity index (χ3v) is 14.6. The van der Waals surface area contributed by atoms with Gasteiger partial charge in [-0.05, 0) is 73.1 Å². The summed E-state index contributed by atoms with van der Waals surface area (Å²) < 4.78 is 0. The van der Waals surface area contributed by atoms with E-state index in [2.05, 4.69) is 136 Å². The van der Waals surface area contributed by atoms with Crippen LogP contribution in [0.3, 0.4) is 0 Å². The summed E-state index contributed by atoms with van der Waals surface area (Å²) in [7, 11) is 0. The SMILES string of the molecule is CCC1=C(C(C)(C)C(C)(C)c2ccc(C(C)(CC)c3sc(C(C)C)cc3CC)s2)SC(C(C)C)C1. The lowest BCUT2D eigenvalue weighted by Crippen LogP contribution is -2.37. The molecular formula is C32H50S3. The topological polar surface area (TPSA) is 0 Å². The fourth-order valence-corrected chi connectivity index (χ4v) is 10.2. The van der Waals surface area contributed by atoms with E-state index in [9.17, 15) is 0 Å². The zero-order chi connectivity index (χ0) is 26.3. The van der Waals surface area contributed by atoms with Crippen molar-refractivity contribution in [3.05, 3.63) is 53.7 Å². The van der Waals surface area contributed by atoms with E-state index in [1.165, 1.54) is 27.5 Å². The first-order valence-electron chi connectivity index (χ1n) is 13.9. The lowest BCUT2D eigenvalue weighted by molar-refractivity contribution is 0.265. The number of thioether (sulfide) groups is 1. The van der Waals surface area contributed by atoms with Crippen LogP contribution in [0.5, 0.6) is 0 Å². The molecule has 0 fully saturated rings. The van der Waals surface area contributed by atoms with Gasteiger partial charge in [0, 0.05) is 41.0 Å². The van der Waals surface area contributed by atoms with Crippen LogP contribution in [0.15, 0.2) is 28.7 Å². The van der Waals surface area contributed by atoms with Crippen molar-refractivity contribution in [2.75, 3.05) is 0 Å². The Morgan fingerprint density at radius 3 is 2.00 bits per heavy atom. The number of hydrogen-bond donors (Lipinski definition) is 0. The van der Waals surface area contributed by atoms with Gasteiger partial charge in [-0.15, -0.1) is 34.4 Å². The largest absolute Gasteiger partial charge is 0.144 e. The Bertz CT molecular complexity index is 1040. The zero-order valence-electron chi connectivity index (χ0n) is 24.5. The van der Waals surface area contributed by atoms with Crippen LogP contribution >= 0.6 is 34.4 Å². The molecule has 3 heteroatoms. The smallest absolute Gasteiger partial charge is 0.0362 e. The van der Waals surface area contributed by atoms with Crippen LogP contribution < -0.4 is 0 Å². The molecule has 0 nitrogen and oxygen atoms in total. The van der Waals surface area contributed by atoms with E-state index in [4.69, 9.17) is 0 Å². The zero-order valence-corrected chi connectivity index (χ0v) is 27.0. The standard InChI is InChI=1S/C32H50S3/c1-13-22-18-24(20(4)5)33-28(22)31(10,11)30(8,9)26-16-17-27(35-26)32(12,15-3)29-23(14-2)19-25(34-29)21(6)7/h16-17,19-21,24H,13-15,18H2,1-12H3. The predicted molar refractivity (Wildman–Crippen MR) is 164 cm³/mol. The Hall–Kier alpha value is -0.510. The van der Waals surface area contributed by atoms with Crippen molar-refractivity contribution in [2.24, 2.45) is 11.3 Å². The van der Waals surface area contributed by atoms with Gasteiger partial charge in [0.2, 0.25) is 0 Å². The van der Waals surface area contributed by atoms with Crippen LogP contribution in [-0.2, 0) is 17.3 Å². The van der Waals surface area contributed by atoms with Gasteiger partial charge in [-0.2, -0.15) is 0 Å². The van der Waals surface area contributed by atoms with Gasteiger partial charge in [0.25, 0.3) is 0 Å². The molecule has 0 spiro atoms. The minimum atomic E-state index is 0.0747. The van der Waals surface area contributed by atoms with Crippen LogP contribution in [-0.4, -0.2) is 5.25 Å². The van der Waals surface area contributed by atoms with Crippen molar-refractivity contribution in [3.8, 4) is 0 Å². The highest BCUT2D eigenvalue weighted by atomic mass is 32.2. The molecule has 196 valence electrons. The van der Waals surface area contributed by atoms with E-state index in [-0.39, 0.29) is 16.2 Å². The quantitative estimate of drug-likeness (QED) is 0.294. The molecule has 3 heterocycles. The first-order valence-corrected chi connectivity index (χ1v) is 16.4. The van der Waals surface area contributed by atoms with Gasteiger partial charge in [-0.1, -0.05) is 81.7 Å². The Labute approximate surface area is 229 Å². The maximum absolute atomic E-state index is 2.51. The van der Waals surface area contributed by atoms with Crippen LogP contribution in [0, 0.1) is 11.3 Å². The van der Waals surface area contributed by atoms with Gasteiger partial charge in [-0.3, -0.25) is 0 Å². The summed E-state index contributed by atoms with van der Waals surface area (Å²) in [5.41, 5.74) is 3.53. The molecule has 0 bridgehead atoms. The van der Waals surface area contributed by atoms with Crippen LogP contribution in [0.4, 0.5) is 0 Å². The highest BCUT2D eigenvalue weighted by molar-refractivity contribution is 8.04. The number of aryl methyl sites for hydroxylation is 1. The summed E-state index contributed by atoms with van der Waals surface area (Å²) in [5.74, 6) is 1.32. The number of hydrogen-bond acceptors (Lipinski definition) is 3. The van der Waals surface area contributed by atoms with Gasteiger partial charge in [0.05, 0.1) is 0 Å². The van der Waals surface area contributed by atoms with Gasteiger partial charge in [0.15, 0.2) is 0 Å². The predicted octanol–water partition coefficient (Wildman–Crippen LogP) is 11.3. The lowest BCUT2D eigenvalue weighted by atomic mass is 9.66. The second-order valence-electron chi connectivity index (χ2n) is 12.5. The summed E-state index contributed by atoms with van der Waals surface area (Å²) in [5, 5.41) is 0.735. The Balaban J connectivity index is 2.03. The molecule has 2 atom stereocenters. The maximum atomic E-state index is 2.51. The molecule has 0 aromatic carbocycles. The highest BCUT2D eigenvalue weighted by Crippen LogP contribution is 2.58. The van der Waals surface area contributed by atoms with Crippen molar-refractivity contribution in [2.45, 2.75) is 131 Å². The summed E-state index contributed by atoms with van der Waals surface area (Å²) in [6, 6.07) is 7.41. The molecule has 1 aliphatic rings. The number of rotatable bonds is 10. The minimum absolute atomic E-state index is 0.0747. The van der Waals surface area contributed by atoms with Crippen LogP contribution in [0.2, 0.25) is 0 Å². The molecule has 2 aromatic rings. The van der Waals surface area contributed by atoms with Crippen molar-refractivity contribution in [1.82, 2.24) is 0 Å². The summed E-state index contributed by atoms with van der Waals surface area (Å²) in [4.78, 5) is 7.87. The molecule has 0 N–H and O–H groups in total. The third-order valence-electron chi connectivity index (χ3n) is 9.09. The second kappa shape index (κ2) is 10.7. The van der Waals surface area contributed by atoms with E-state index in [1.807, 2.05) is 0 Å². The molecular weight excluding hydrogens is 481 g/mol. The molecule has 0 amide bonds. The van der Waals surface area contributed by atoms with Gasteiger partial charge in [0.1, 0.15) is 0 Å². The van der Waals surface area contributed by atoms with E-state index < -0.39 is 0 Å². The van der Waals surface area contributed by atoms with Crippen molar-refractivity contribution >= 4 is 34.4 Å². The Morgan fingerprint density at radius 1 is 0.857 bits per heavy atom. The molecule has 3 rings (SSSR count). The fourth-order valence-electron chi connectivity index (χ4n) is 5.35. The Kier molecular flexibility index (Phi) is 8.88. The van der Waals surface area contributed by atoms with E-state index in [0.29, 0.717) is 5.92 Å². The molecule has 0 saturated heterocycles. The average molecular weight is 531 g/mol. The first-order chi connectivity index (χ1) is 16.2. The van der Waals surface area contributed by atoms with Crippen molar-refractivity contribution in [3.63, 3.8) is 0 Å². The summed E-state index contributed by atoms with van der Waals surface area (Å²) in [6.45, 7) is 29.0. The first kappa shape index (κ1) is 29.1. The molecule has 1 aliphatic heterocycles.